The number of hydrogen-bond donors (Lipinski definition) is 1. The molecule has 0 heterocycles. The number of anilines is 1. The van der Waals surface area contributed by atoms with Gasteiger partial charge in [-0.2, -0.15) is 0 Å². The Bertz CT molecular complexity index is 388. The zero-order chi connectivity index (χ0) is 11.4. The molecule has 1 nitrogen and oxygen atoms in total. The fraction of sp³-hybridized carbons (Fsp3) is 0.385. The van der Waals surface area contributed by atoms with E-state index >= 15 is 0 Å². The first-order valence-electron chi connectivity index (χ1n) is 5.59. The predicted octanol–water partition coefficient (Wildman–Crippen LogP) is 3.73. The van der Waals surface area contributed by atoms with E-state index in [1.807, 2.05) is 0 Å². The van der Waals surface area contributed by atoms with Gasteiger partial charge in [0.05, 0.1) is 0 Å². The lowest BCUT2D eigenvalue weighted by atomic mass is 9.94. The van der Waals surface area contributed by atoms with Gasteiger partial charge in [-0.15, -0.1) is 0 Å². The van der Waals surface area contributed by atoms with E-state index in [0.29, 0.717) is 11.6 Å². The third-order valence-corrected chi connectivity index (χ3v) is 2.89. The first kappa shape index (κ1) is 11.1. The summed E-state index contributed by atoms with van der Waals surface area (Å²) in [5.41, 5.74) is 0.647. The van der Waals surface area contributed by atoms with E-state index in [0.717, 1.165) is 31.9 Å². The van der Waals surface area contributed by atoms with E-state index in [-0.39, 0.29) is 0 Å². The minimum atomic E-state index is -0.800. The molecule has 1 aromatic rings. The van der Waals surface area contributed by atoms with Crippen LogP contribution in [0.3, 0.4) is 0 Å². The minimum absolute atomic E-state index is 0.595. The topological polar surface area (TPSA) is 12.0 Å². The van der Waals surface area contributed by atoms with Crippen molar-refractivity contribution in [3.63, 3.8) is 0 Å². The molecule has 1 aromatic carbocycles. The molecule has 1 aliphatic carbocycles. The lowest BCUT2D eigenvalue weighted by molar-refractivity contribution is 0.500. The van der Waals surface area contributed by atoms with Crippen LogP contribution in [-0.4, -0.2) is 6.54 Å². The number of rotatable bonds is 3. The van der Waals surface area contributed by atoms with Gasteiger partial charge >= 0.3 is 0 Å². The lowest BCUT2D eigenvalue weighted by Crippen LogP contribution is -2.15. The second kappa shape index (κ2) is 5.10. The molecule has 1 N–H and O–H groups in total. The van der Waals surface area contributed by atoms with Crippen molar-refractivity contribution in [1.29, 1.82) is 0 Å². The van der Waals surface area contributed by atoms with Crippen molar-refractivity contribution < 1.29 is 8.78 Å². The number of nitrogens with one attached hydrogen (secondary N) is 1. The van der Waals surface area contributed by atoms with Crippen LogP contribution in [0, 0.1) is 17.6 Å². The zero-order valence-electron chi connectivity index (χ0n) is 9.05. The highest BCUT2D eigenvalue weighted by Gasteiger charge is 2.09. The average Bonchev–Trinajstić information content (AvgIpc) is 2.32. The molecule has 0 bridgehead atoms. The van der Waals surface area contributed by atoms with Gasteiger partial charge < -0.3 is 5.32 Å². The number of halogens is 2. The maximum absolute atomic E-state index is 12.9. The Kier molecular flexibility index (Phi) is 3.54. The molecule has 0 fully saturated rings. The van der Waals surface area contributed by atoms with Gasteiger partial charge in [0, 0.05) is 12.2 Å². The molecule has 0 aromatic heterocycles. The summed E-state index contributed by atoms with van der Waals surface area (Å²) >= 11 is 0. The van der Waals surface area contributed by atoms with Gasteiger partial charge in [0.25, 0.3) is 0 Å². The fourth-order valence-corrected chi connectivity index (χ4v) is 1.91. The molecular formula is C13H15F2N. The molecule has 0 spiro atoms. The van der Waals surface area contributed by atoms with Crippen LogP contribution in [0.4, 0.5) is 14.5 Å². The predicted molar refractivity (Wildman–Crippen MR) is 61.3 cm³/mol. The van der Waals surface area contributed by atoms with E-state index in [2.05, 4.69) is 17.5 Å². The Balaban J connectivity index is 1.89. The summed E-state index contributed by atoms with van der Waals surface area (Å²) in [5, 5.41) is 3.14. The molecule has 2 rings (SSSR count). The SMILES string of the molecule is Fc1ccc(NCC2CC=CCC2)cc1F. The summed E-state index contributed by atoms with van der Waals surface area (Å²) < 4.78 is 25.6. The summed E-state index contributed by atoms with van der Waals surface area (Å²) in [5.74, 6) is -1.00. The van der Waals surface area contributed by atoms with Crippen molar-refractivity contribution in [2.45, 2.75) is 19.3 Å². The van der Waals surface area contributed by atoms with Crippen molar-refractivity contribution >= 4 is 5.69 Å². The zero-order valence-corrected chi connectivity index (χ0v) is 9.05. The maximum atomic E-state index is 12.9. The third-order valence-electron chi connectivity index (χ3n) is 2.89. The van der Waals surface area contributed by atoms with Crippen LogP contribution in [-0.2, 0) is 0 Å². The molecule has 0 aliphatic heterocycles. The van der Waals surface area contributed by atoms with Gasteiger partial charge in [-0.05, 0) is 43.4 Å². The van der Waals surface area contributed by atoms with E-state index in [4.69, 9.17) is 0 Å². The molecule has 0 saturated carbocycles. The second-order valence-corrected chi connectivity index (χ2v) is 4.16. The van der Waals surface area contributed by atoms with E-state index < -0.39 is 11.6 Å². The average molecular weight is 223 g/mol. The van der Waals surface area contributed by atoms with Gasteiger partial charge in [-0.3, -0.25) is 0 Å². The minimum Gasteiger partial charge on any atom is -0.385 e. The molecular weight excluding hydrogens is 208 g/mol. The molecule has 3 heteroatoms. The highest BCUT2D eigenvalue weighted by atomic mass is 19.2. The largest absolute Gasteiger partial charge is 0.385 e. The van der Waals surface area contributed by atoms with E-state index in [9.17, 15) is 8.78 Å². The van der Waals surface area contributed by atoms with Gasteiger partial charge in [0.15, 0.2) is 11.6 Å². The van der Waals surface area contributed by atoms with Crippen LogP contribution in [0.5, 0.6) is 0 Å². The highest BCUT2D eigenvalue weighted by molar-refractivity contribution is 5.43. The Hall–Kier alpha value is -1.38. The Morgan fingerprint density at radius 1 is 1.19 bits per heavy atom. The summed E-state index contributed by atoms with van der Waals surface area (Å²) in [6.07, 6.45) is 7.71. The molecule has 1 unspecified atom stereocenters. The first-order chi connectivity index (χ1) is 7.75. The van der Waals surface area contributed by atoms with Crippen LogP contribution in [0.25, 0.3) is 0 Å². The van der Waals surface area contributed by atoms with Gasteiger partial charge in [-0.25, -0.2) is 8.78 Å². The quantitative estimate of drug-likeness (QED) is 0.770. The second-order valence-electron chi connectivity index (χ2n) is 4.16. The summed E-state index contributed by atoms with van der Waals surface area (Å²) in [6, 6.07) is 3.92. The highest BCUT2D eigenvalue weighted by Crippen LogP contribution is 2.19. The van der Waals surface area contributed by atoms with Crippen LogP contribution in [0.15, 0.2) is 30.4 Å². The van der Waals surface area contributed by atoms with Crippen LogP contribution >= 0.6 is 0 Å². The van der Waals surface area contributed by atoms with Gasteiger partial charge in [-0.1, -0.05) is 12.2 Å². The fourth-order valence-electron chi connectivity index (χ4n) is 1.91. The summed E-state index contributed by atoms with van der Waals surface area (Å²) in [7, 11) is 0. The summed E-state index contributed by atoms with van der Waals surface area (Å²) in [6.45, 7) is 0.815. The molecule has 86 valence electrons. The molecule has 1 aliphatic rings. The van der Waals surface area contributed by atoms with Crippen molar-refractivity contribution in [3.8, 4) is 0 Å². The van der Waals surface area contributed by atoms with Crippen LogP contribution in [0.1, 0.15) is 19.3 Å². The van der Waals surface area contributed by atoms with Crippen molar-refractivity contribution in [3.05, 3.63) is 42.0 Å². The van der Waals surface area contributed by atoms with Crippen molar-refractivity contribution in [1.82, 2.24) is 0 Å². The van der Waals surface area contributed by atoms with E-state index in [1.165, 1.54) is 6.07 Å². The van der Waals surface area contributed by atoms with E-state index in [1.54, 1.807) is 6.07 Å². The van der Waals surface area contributed by atoms with Crippen molar-refractivity contribution in [2.24, 2.45) is 5.92 Å². The number of benzene rings is 1. The smallest absolute Gasteiger partial charge is 0.160 e. The summed E-state index contributed by atoms with van der Waals surface area (Å²) in [4.78, 5) is 0. The first-order valence-corrected chi connectivity index (χ1v) is 5.59. The normalized spacial score (nSPS) is 19.8. The maximum Gasteiger partial charge on any atom is 0.160 e. The molecule has 0 amide bonds. The standard InChI is InChI=1S/C13H15F2N/c14-12-7-6-11(8-13(12)15)16-9-10-4-2-1-3-5-10/h1-2,6-8,10,16H,3-5,9H2. The van der Waals surface area contributed by atoms with Crippen LogP contribution in [0.2, 0.25) is 0 Å². The van der Waals surface area contributed by atoms with Crippen LogP contribution < -0.4 is 5.32 Å². The lowest BCUT2D eigenvalue weighted by Gasteiger charge is -2.18. The third kappa shape index (κ3) is 2.81. The molecule has 1 atom stereocenters. The monoisotopic (exact) mass is 223 g/mol. The number of hydrogen-bond acceptors (Lipinski definition) is 1. The Morgan fingerprint density at radius 2 is 2.06 bits per heavy atom. The van der Waals surface area contributed by atoms with Gasteiger partial charge in [0.2, 0.25) is 0 Å². The Labute approximate surface area is 94.2 Å². The van der Waals surface area contributed by atoms with Gasteiger partial charge in [0.1, 0.15) is 0 Å². The molecule has 0 radical (unpaired) electrons. The van der Waals surface area contributed by atoms with Crippen molar-refractivity contribution in [2.75, 3.05) is 11.9 Å². The molecule has 0 saturated heterocycles. The number of allylic oxidation sites excluding steroid dienone is 2. The Morgan fingerprint density at radius 3 is 2.75 bits per heavy atom. The molecule has 16 heavy (non-hydrogen) atoms.